The summed E-state index contributed by atoms with van der Waals surface area (Å²) >= 11 is 0. The summed E-state index contributed by atoms with van der Waals surface area (Å²) in [5.41, 5.74) is 0. The molecule has 0 aliphatic carbocycles. The van der Waals surface area contributed by atoms with Crippen LogP contribution < -0.4 is 5.32 Å². The summed E-state index contributed by atoms with van der Waals surface area (Å²) < 4.78 is 11.3. The molecular weight excluding hydrogens is 202 g/mol. The molecule has 3 heteroatoms. The first kappa shape index (κ1) is 13.9. The Kier molecular flexibility index (Phi) is 7.81. The van der Waals surface area contributed by atoms with Crippen molar-refractivity contribution in [2.45, 2.75) is 45.6 Å². The minimum Gasteiger partial charge on any atom is -0.378 e. The van der Waals surface area contributed by atoms with Gasteiger partial charge in [0, 0.05) is 19.7 Å². The van der Waals surface area contributed by atoms with Crippen molar-refractivity contribution in [3.05, 3.63) is 0 Å². The molecule has 3 nitrogen and oxygen atoms in total. The number of rotatable bonds is 8. The summed E-state index contributed by atoms with van der Waals surface area (Å²) in [6, 6.07) is 0. The van der Waals surface area contributed by atoms with E-state index in [1.165, 1.54) is 25.7 Å². The summed E-state index contributed by atoms with van der Waals surface area (Å²) in [4.78, 5) is 0. The minimum atomic E-state index is 0.262. The fourth-order valence-electron chi connectivity index (χ4n) is 1.99. The molecule has 1 N–H and O–H groups in total. The van der Waals surface area contributed by atoms with Crippen LogP contribution in [0, 0.1) is 5.92 Å². The second-order valence-electron chi connectivity index (χ2n) is 4.65. The van der Waals surface area contributed by atoms with Gasteiger partial charge in [0.15, 0.2) is 0 Å². The molecule has 0 aromatic carbocycles. The Hall–Kier alpha value is -0.120. The number of ether oxygens (including phenoxy) is 2. The quantitative estimate of drug-likeness (QED) is 0.692. The lowest BCUT2D eigenvalue weighted by atomic mass is 10.0. The fraction of sp³-hybridized carbons (Fsp3) is 1.00. The van der Waals surface area contributed by atoms with Crippen LogP contribution in [-0.4, -0.2) is 39.0 Å². The average molecular weight is 229 g/mol. The standard InChI is InChI=1S/C13H27NO2/c1-3-5-6-12(4-2)10-15-11-13-9-14-7-8-16-13/h12-14H,3-11H2,1-2H3. The molecule has 0 radical (unpaired) electrons. The maximum absolute atomic E-state index is 5.76. The summed E-state index contributed by atoms with van der Waals surface area (Å²) in [6.45, 7) is 8.88. The predicted octanol–water partition coefficient (Wildman–Crippen LogP) is 2.21. The van der Waals surface area contributed by atoms with Crippen LogP contribution in [-0.2, 0) is 9.47 Å². The molecule has 2 atom stereocenters. The topological polar surface area (TPSA) is 30.5 Å². The third kappa shape index (κ3) is 5.83. The lowest BCUT2D eigenvalue weighted by Gasteiger charge is -2.24. The number of nitrogens with one attached hydrogen (secondary N) is 1. The first-order valence-electron chi connectivity index (χ1n) is 6.76. The highest BCUT2D eigenvalue weighted by Crippen LogP contribution is 2.13. The van der Waals surface area contributed by atoms with E-state index >= 15 is 0 Å². The van der Waals surface area contributed by atoms with Crippen molar-refractivity contribution >= 4 is 0 Å². The van der Waals surface area contributed by atoms with Crippen LogP contribution in [0.4, 0.5) is 0 Å². The van der Waals surface area contributed by atoms with Crippen molar-refractivity contribution in [2.75, 3.05) is 32.9 Å². The number of unbranched alkanes of at least 4 members (excludes halogenated alkanes) is 1. The van der Waals surface area contributed by atoms with E-state index in [2.05, 4.69) is 19.2 Å². The van der Waals surface area contributed by atoms with Gasteiger partial charge in [-0.2, -0.15) is 0 Å². The second-order valence-corrected chi connectivity index (χ2v) is 4.65. The highest BCUT2D eigenvalue weighted by Gasteiger charge is 2.14. The van der Waals surface area contributed by atoms with Gasteiger partial charge in [0.25, 0.3) is 0 Å². The maximum Gasteiger partial charge on any atom is 0.0933 e. The third-order valence-electron chi connectivity index (χ3n) is 3.20. The minimum absolute atomic E-state index is 0.262. The molecule has 1 rings (SSSR count). The van der Waals surface area contributed by atoms with E-state index in [9.17, 15) is 0 Å². The Morgan fingerprint density at radius 1 is 1.44 bits per heavy atom. The summed E-state index contributed by atoms with van der Waals surface area (Å²) in [7, 11) is 0. The van der Waals surface area contributed by atoms with Gasteiger partial charge in [0.1, 0.15) is 0 Å². The van der Waals surface area contributed by atoms with Crippen molar-refractivity contribution in [2.24, 2.45) is 5.92 Å². The zero-order valence-electron chi connectivity index (χ0n) is 10.8. The molecule has 1 saturated heterocycles. The smallest absolute Gasteiger partial charge is 0.0933 e. The highest BCUT2D eigenvalue weighted by atomic mass is 16.5. The van der Waals surface area contributed by atoms with E-state index in [4.69, 9.17) is 9.47 Å². The van der Waals surface area contributed by atoms with Crippen molar-refractivity contribution in [3.8, 4) is 0 Å². The van der Waals surface area contributed by atoms with E-state index in [-0.39, 0.29) is 6.10 Å². The highest BCUT2D eigenvalue weighted by molar-refractivity contribution is 4.66. The van der Waals surface area contributed by atoms with Crippen LogP contribution in [0.3, 0.4) is 0 Å². The first-order valence-corrected chi connectivity index (χ1v) is 6.76. The Morgan fingerprint density at radius 3 is 2.94 bits per heavy atom. The van der Waals surface area contributed by atoms with Crippen molar-refractivity contribution in [1.82, 2.24) is 5.32 Å². The van der Waals surface area contributed by atoms with E-state index in [0.717, 1.165) is 38.8 Å². The van der Waals surface area contributed by atoms with E-state index in [0.29, 0.717) is 0 Å². The zero-order chi connectivity index (χ0) is 11.6. The number of morpholine rings is 1. The van der Waals surface area contributed by atoms with Crippen LogP contribution in [0.25, 0.3) is 0 Å². The average Bonchev–Trinajstić information content (AvgIpc) is 2.35. The zero-order valence-corrected chi connectivity index (χ0v) is 10.8. The van der Waals surface area contributed by atoms with Crippen LogP contribution in [0.15, 0.2) is 0 Å². The van der Waals surface area contributed by atoms with Crippen molar-refractivity contribution in [1.29, 1.82) is 0 Å². The molecule has 1 aliphatic rings. The SMILES string of the molecule is CCCCC(CC)COCC1CNCCO1. The van der Waals surface area contributed by atoms with Gasteiger partial charge in [-0.05, 0) is 12.3 Å². The molecule has 0 saturated carbocycles. The molecule has 1 fully saturated rings. The van der Waals surface area contributed by atoms with Crippen LogP contribution in [0.5, 0.6) is 0 Å². The Morgan fingerprint density at radius 2 is 2.31 bits per heavy atom. The molecule has 0 aromatic heterocycles. The van der Waals surface area contributed by atoms with Crippen LogP contribution >= 0.6 is 0 Å². The molecule has 0 spiro atoms. The largest absolute Gasteiger partial charge is 0.378 e. The molecule has 96 valence electrons. The van der Waals surface area contributed by atoms with E-state index in [1.807, 2.05) is 0 Å². The second kappa shape index (κ2) is 8.97. The van der Waals surface area contributed by atoms with Crippen molar-refractivity contribution < 1.29 is 9.47 Å². The molecule has 1 heterocycles. The van der Waals surface area contributed by atoms with Crippen LogP contribution in [0.2, 0.25) is 0 Å². The molecule has 16 heavy (non-hydrogen) atoms. The summed E-state index contributed by atoms with van der Waals surface area (Å²) in [6.07, 6.45) is 5.40. The van der Waals surface area contributed by atoms with Gasteiger partial charge >= 0.3 is 0 Å². The maximum atomic E-state index is 5.76. The predicted molar refractivity (Wildman–Crippen MR) is 66.7 cm³/mol. The van der Waals surface area contributed by atoms with Crippen molar-refractivity contribution in [3.63, 3.8) is 0 Å². The number of hydrogen-bond acceptors (Lipinski definition) is 3. The lowest BCUT2D eigenvalue weighted by molar-refractivity contribution is -0.0389. The van der Waals surface area contributed by atoms with Gasteiger partial charge in [-0.25, -0.2) is 0 Å². The molecule has 0 amide bonds. The van der Waals surface area contributed by atoms with E-state index in [1.54, 1.807) is 0 Å². The monoisotopic (exact) mass is 229 g/mol. The Bertz CT molecular complexity index is 158. The summed E-state index contributed by atoms with van der Waals surface area (Å²) in [5, 5.41) is 3.32. The first-order chi connectivity index (χ1) is 7.86. The Balaban J connectivity index is 2.02. The van der Waals surface area contributed by atoms with Gasteiger partial charge in [0.2, 0.25) is 0 Å². The fourth-order valence-corrected chi connectivity index (χ4v) is 1.99. The third-order valence-corrected chi connectivity index (χ3v) is 3.20. The molecular formula is C13H27NO2. The van der Waals surface area contributed by atoms with Gasteiger partial charge in [-0.3, -0.25) is 0 Å². The van der Waals surface area contributed by atoms with Gasteiger partial charge < -0.3 is 14.8 Å². The lowest BCUT2D eigenvalue weighted by Crippen LogP contribution is -2.41. The normalized spacial score (nSPS) is 23.2. The summed E-state index contributed by atoms with van der Waals surface area (Å²) in [5.74, 6) is 0.733. The molecule has 1 aliphatic heterocycles. The van der Waals surface area contributed by atoms with Crippen LogP contribution in [0.1, 0.15) is 39.5 Å². The molecule has 0 bridgehead atoms. The van der Waals surface area contributed by atoms with Gasteiger partial charge in [-0.1, -0.05) is 33.1 Å². The molecule has 0 aromatic rings. The Labute approximate surface area is 99.9 Å². The van der Waals surface area contributed by atoms with E-state index < -0.39 is 0 Å². The van der Waals surface area contributed by atoms with Gasteiger partial charge in [-0.15, -0.1) is 0 Å². The number of hydrogen-bond donors (Lipinski definition) is 1. The molecule has 2 unspecified atom stereocenters. The van der Waals surface area contributed by atoms with Gasteiger partial charge in [0.05, 0.1) is 19.3 Å².